The Hall–Kier alpha value is -3.74. The van der Waals surface area contributed by atoms with Crippen molar-refractivity contribution in [2.45, 2.75) is 19.9 Å². The number of rotatable bonds is 2. The summed E-state index contributed by atoms with van der Waals surface area (Å²) in [7, 11) is 0. The zero-order valence-corrected chi connectivity index (χ0v) is 15.6. The molecule has 0 N–H and O–H groups in total. The molecule has 1 amide bonds. The molecule has 0 aliphatic carbocycles. The van der Waals surface area contributed by atoms with Gasteiger partial charge in [0, 0.05) is 6.07 Å². The van der Waals surface area contributed by atoms with Crippen LogP contribution in [0, 0.1) is 19.7 Å². The normalized spacial score (nSPS) is 15.9. The number of anilines is 1. The van der Waals surface area contributed by atoms with E-state index in [0.29, 0.717) is 11.3 Å². The zero-order chi connectivity index (χ0) is 20.3. The molecule has 5 rings (SSSR count). The van der Waals surface area contributed by atoms with Gasteiger partial charge in [0.05, 0.1) is 17.0 Å². The van der Waals surface area contributed by atoms with Crippen molar-refractivity contribution in [1.82, 2.24) is 5.16 Å². The summed E-state index contributed by atoms with van der Waals surface area (Å²) in [5, 5.41) is 4.05. The maximum absolute atomic E-state index is 13.8. The van der Waals surface area contributed by atoms with E-state index in [-0.39, 0.29) is 28.1 Å². The minimum Gasteiger partial charge on any atom is -0.450 e. The minimum atomic E-state index is -0.758. The Bertz CT molecular complexity index is 1340. The molecule has 0 saturated carbocycles. The van der Waals surface area contributed by atoms with Crippen molar-refractivity contribution < 1.29 is 18.1 Å². The standard InChI is InChI=1S/C22H15FN2O4/c1-11-3-5-13(6-4-11)19-18-20(26)15-10-14(23)7-8-16(15)28-21(18)22(27)25(19)17-9-12(2)29-24-17/h3-10,19H,1-2H3. The first-order valence-corrected chi connectivity index (χ1v) is 9.04. The Morgan fingerprint density at radius 2 is 1.79 bits per heavy atom. The number of carbonyl (C=O) groups is 1. The van der Waals surface area contributed by atoms with Crippen LogP contribution in [-0.4, -0.2) is 11.1 Å². The first-order valence-electron chi connectivity index (χ1n) is 9.04. The molecular formula is C22H15FN2O4. The average molecular weight is 390 g/mol. The molecule has 1 aliphatic heterocycles. The topological polar surface area (TPSA) is 76.6 Å². The monoisotopic (exact) mass is 390 g/mol. The summed E-state index contributed by atoms with van der Waals surface area (Å²) in [6.07, 6.45) is 0. The second-order valence-corrected chi connectivity index (χ2v) is 7.10. The fraction of sp³-hybridized carbons (Fsp3) is 0.136. The molecule has 29 heavy (non-hydrogen) atoms. The molecule has 2 aromatic carbocycles. The van der Waals surface area contributed by atoms with Gasteiger partial charge in [0.1, 0.15) is 17.2 Å². The van der Waals surface area contributed by atoms with Crippen molar-refractivity contribution >= 4 is 22.7 Å². The molecule has 0 bridgehead atoms. The summed E-state index contributed by atoms with van der Waals surface area (Å²) in [6, 6.07) is 12.0. The van der Waals surface area contributed by atoms with Gasteiger partial charge >= 0.3 is 0 Å². The van der Waals surface area contributed by atoms with Gasteiger partial charge in [0.25, 0.3) is 5.91 Å². The summed E-state index contributed by atoms with van der Waals surface area (Å²) >= 11 is 0. The maximum atomic E-state index is 13.8. The molecule has 144 valence electrons. The van der Waals surface area contributed by atoms with E-state index < -0.39 is 23.2 Å². The van der Waals surface area contributed by atoms with Crippen molar-refractivity contribution in [2.75, 3.05) is 4.90 Å². The molecule has 3 heterocycles. The van der Waals surface area contributed by atoms with Gasteiger partial charge in [-0.15, -0.1) is 0 Å². The highest BCUT2D eigenvalue weighted by atomic mass is 19.1. The third-order valence-electron chi connectivity index (χ3n) is 5.09. The van der Waals surface area contributed by atoms with Gasteiger partial charge < -0.3 is 8.94 Å². The first-order chi connectivity index (χ1) is 13.9. The minimum absolute atomic E-state index is 0.0691. The predicted molar refractivity (Wildman–Crippen MR) is 104 cm³/mol. The molecule has 7 heteroatoms. The SMILES string of the molecule is Cc1ccc(C2c3c(oc4ccc(F)cc4c3=O)C(=O)N2c2cc(C)on2)cc1. The van der Waals surface area contributed by atoms with Gasteiger partial charge in [-0.1, -0.05) is 35.0 Å². The van der Waals surface area contributed by atoms with Gasteiger partial charge in [0.15, 0.2) is 11.2 Å². The number of benzene rings is 2. The number of halogens is 1. The van der Waals surface area contributed by atoms with E-state index in [0.717, 1.165) is 11.6 Å². The number of hydrogen-bond acceptors (Lipinski definition) is 5. The quantitative estimate of drug-likeness (QED) is 0.510. The molecule has 0 radical (unpaired) electrons. The number of carbonyl (C=O) groups excluding carboxylic acids is 1. The molecule has 0 spiro atoms. The number of amides is 1. The molecular weight excluding hydrogens is 375 g/mol. The van der Waals surface area contributed by atoms with Crippen molar-refractivity contribution in [3.8, 4) is 0 Å². The highest BCUT2D eigenvalue weighted by Gasteiger charge is 2.44. The van der Waals surface area contributed by atoms with Crippen LogP contribution in [0.3, 0.4) is 0 Å². The number of nitrogens with zero attached hydrogens (tertiary/aromatic N) is 2. The van der Waals surface area contributed by atoms with E-state index in [1.165, 1.54) is 17.0 Å². The van der Waals surface area contributed by atoms with E-state index in [2.05, 4.69) is 5.16 Å². The second-order valence-electron chi connectivity index (χ2n) is 7.10. The number of aromatic nitrogens is 1. The third-order valence-corrected chi connectivity index (χ3v) is 5.09. The van der Waals surface area contributed by atoms with Crippen LogP contribution in [0.25, 0.3) is 11.0 Å². The average Bonchev–Trinajstić information content (AvgIpc) is 3.25. The summed E-state index contributed by atoms with van der Waals surface area (Å²) in [5.41, 5.74) is 1.63. The fourth-order valence-corrected chi connectivity index (χ4v) is 3.71. The molecule has 2 aromatic heterocycles. The summed E-state index contributed by atoms with van der Waals surface area (Å²) < 4.78 is 24.7. The summed E-state index contributed by atoms with van der Waals surface area (Å²) in [4.78, 5) is 27.9. The van der Waals surface area contributed by atoms with Crippen molar-refractivity contribution in [2.24, 2.45) is 0 Å². The van der Waals surface area contributed by atoms with Gasteiger partial charge in [0.2, 0.25) is 5.76 Å². The van der Waals surface area contributed by atoms with E-state index in [1.54, 1.807) is 13.0 Å². The number of hydrogen-bond donors (Lipinski definition) is 0. The number of aryl methyl sites for hydroxylation is 2. The molecule has 6 nitrogen and oxygen atoms in total. The Labute approximate surface area is 164 Å². The van der Waals surface area contributed by atoms with E-state index in [9.17, 15) is 14.0 Å². The smallest absolute Gasteiger partial charge is 0.296 e. The molecule has 1 atom stereocenters. The van der Waals surface area contributed by atoms with Gasteiger partial charge in [-0.2, -0.15) is 0 Å². The van der Waals surface area contributed by atoms with E-state index >= 15 is 0 Å². The van der Waals surface area contributed by atoms with Gasteiger partial charge in [-0.3, -0.25) is 14.5 Å². The lowest BCUT2D eigenvalue weighted by Crippen LogP contribution is -2.29. The Morgan fingerprint density at radius 1 is 1.03 bits per heavy atom. The fourth-order valence-electron chi connectivity index (χ4n) is 3.71. The van der Waals surface area contributed by atoms with Gasteiger partial charge in [-0.05, 0) is 37.6 Å². The van der Waals surface area contributed by atoms with E-state index in [1.807, 2.05) is 31.2 Å². The van der Waals surface area contributed by atoms with Crippen LogP contribution in [-0.2, 0) is 0 Å². The Balaban J connectivity index is 1.83. The van der Waals surface area contributed by atoms with Crippen molar-refractivity contribution in [1.29, 1.82) is 0 Å². The largest absolute Gasteiger partial charge is 0.450 e. The van der Waals surface area contributed by atoms with Crippen LogP contribution in [0.5, 0.6) is 0 Å². The lowest BCUT2D eigenvalue weighted by atomic mass is 9.97. The van der Waals surface area contributed by atoms with Crippen LogP contribution in [0.4, 0.5) is 10.2 Å². The summed E-state index contributed by atoms with van der Waals surface area (Å²) in [6.45, 7) is 3.66. The molecule has 1 aliphatic rings. The highest BCUT2D eigenvalue weighted by Crippen LogP contribution is 2.40. The van der Waals surface area contributed by atoms with Crippen LogP contribution in [0.1, 0.15) is 39.0 Å². The first kappa shape index (κ1) is 17.4. The predicted octanol–water partition coefficient (Wildman–Crippen LogP) is 4.29. The Morgan fingerprint density at radius 3 is 2.48 bits per heavy atom. The van der Waals surface area contributed by atoms with Crippen molar-refractivity contribution in [3.05, 3.63) is 92.8 Å². The van der Waals surface area contributed by atoms with Crippen LogP contribution < -0.4 is 10.3 Å². The lowest BCUT2D eigenvalue weighted by Gasteiger charge is -2.22. The highest BCUT2D eigenvalue weighted by molar-refractivity contribution is 6.10. The van der Waals surface area contributed by atoms with Crippen LogP contribution in [0.2, 0.25) is 0 Å². The zero-order valence-electron chi connectivity index (χ0n) is 15.6. The molecule has 0 saturated heterocycles. The summed E-state index contributed by atoms with van der Waals surface area (Å²) in [5.74, 6) is -0.315. The molecule has 4 aromatic rings. The Kier molecular flexibility index (Phi) is 3.67. The van der Waals surface area contributed by atoms with Gasteiger partial charge in [-0.25, -0.2) is 4.39 Å². The lowest BCUT2D eigenvalue weighted by molar-refractivity contribution is 0.0969. The van der Waals surface area contributed by atoms with Crippen LogP contribution >= 0.6 is 0 Å². The number of fused-ring (bicyclic) bond motifs is 2. The second kappa shape index (κ2) is 6.13. The third kappa shape index (κ3) is 2.58. The molecule has 1 unspecified atom stereocenters. The van der Waals surface area contributed by atoms with E-state index in [4.69, 9.17) is 8.94 Å². The maximum Gasteiger partial charge on any atom is 0.296 e. The molecule has 0 fully saturated rings. The van der Waals surface area contributed by atoms with Crippen LogP contribution in [0.15, 0.2) is 62.3 Å². The van der Waals surface area contributed by atoms with Crippen molar-refractivity contribution in [3.63, 3.8) is 0 Å².